The number of benzene rings is 2. The molecule has 2 aromatic carbocycles. The number of ether oxygens (including phenoxy) is 2. The topological polar surface area (TPSA) is 122 Å². The lowest BCUT2D eigenvalue weighted by Gasteiger charge is -2.26. The predicted molar refractivity (Wildman–Crippen MR) is 96.8 cm³/mol. The van der Waals surface area contributed by atoms with Crippen molar-refractivity contribution in [3.8, 4) is 11.5 Å². The van der Waals surface area contributed by atoms with Crippen molar-refractivity contribution in [1.82, 2.24) is 4.31 Å². The van der Waals surface area contributed by atoms with Crippen LogP contribution >= 0.6 is 0 Å². The van der Waals surface area contributed by atoms with Crippen molar-refractivity contribution in [3.63, 3.8) is 0 Å². The zero-order valence-electron chi connectivity index (χ0n) is 13.9. The average Bonchev–Trinajstić information content (AvgIpc) is 2.64. The third kappa shape index (κ3) is 4.00. The number of sulfonamides is 1. The van der Waals surface area contributed by atoms with E-state index in [-0.39, 0.29) is 21.8 Å². The number of nitrogens with two attached hydrogens (primary N) is 1. The lowest BCUT2D eigenvalue weighted by molar-refractivity contribution is 0.0730. The number of hydrogen-bond donors (Lipinski definition) is 3. The van der Waals surface area contributed by atoms with Gasteiger partial charge in [-0.3, -0.25) is 0 Å². The van der Waals surface area contributed by atoms with Crippen molar-refractivity contribution in [1.29, 1.82) is 0 Å². The van der Waals surface area contributed by atoms with Crippen molar-refractivity contribution in [2.24, 2.45) is 0 Å². The van der Waals surface area contributed by atoms with Crippen LogP contribution in [0.3, 0.4) is 0 Å². The SMILES string of the molecule is Nc1cc(S(=O)(=O)N2CCOCC2)ccc1Oc1cccc(B(O)O)c1. The molecule has 2 aromatic rings. The summed E-state index contributed by atoms with van der Waals surface area (Å²) in [7, 11) is -5.25. The Hall–Kier alpha value is -2.11. The van der Waals surface area contributed by atoms with Crippen LogP contribution in [0.25, 0.3) is 0 Å². The normalized spacial score (nSPS) is 15.6. The molecule has 10 heteroatoms. The van der Waals surface area contributed by atoms with Gasteiger partial charge < -0.3 is 25.3 Å². The lowest BCUT2D eigenvalue weighted by Crippen LogP contribution is -2.40. The smallest absolute Gasteiger partial charge is 0.455 e. The van der Waals surface area contributed by atoms with Crippen molar-refractivity contribution in [2.45, 2.75) is 4.90 Å². The van der Waals surface area contributed by atoms with Gasteiger partial charge in [0.2, 0.25) is 10.0 Å². The monoisotopic (exact) mass is 378 g/mol. The van der Waals surface area contributed by atoms with Gasteiger partial charge in [-0.05, 0) is 35.8 Å². The maximum atomic E-state index is 12.6. The second-order valence-electron chi connectivity index (χ2n) is 5.76. The van der Waals surface area contributed by atoms with E-state index >= 15 is 0 Å². The molecule has 0 amide bonds. The molecule has 26 heavy (non-hydrogen) atoms. The highest BCUT2D eigenvalue weighted by atomic mass is 32.2. The minimum atomic E-state index is -3.64. The highest BCUT2D eigenvalue weighted by Gasteiger charge is 2.27. The quantitative estimate of drug-likeness (QED) is 0.485. The zero-order valence-corrected chi connectivity index (χ0v) is 14.7. The number of nitrogens with zero attached hydrogens (tertiary/aromatic N) is 1. The van der Waals surface area contributed by atoms with Gasteiger partial charge in [-0.15, -0.1) is 0 Å². The lowest BCUT2D eigenvalue weighted by atomic mass is 9.80. The summed E-state index contributed by atoms with van der Waals surface area (Å²) in [5.74, 6) is 0.626. The molecule has 0 radical (unpaired) electrons. The molecular weight excluding hydrogens is 359 g/mol. The molecule has 1 aliphatic rings. The first-order valence-corrected chi connectivity index (χ1v) is 9.43. The van der Waals surface area contributed by atoms with E-state index in [0.29, 0.717) is 32.1 Å². The summed E-state index contributed by atoms with van der Waals surface area (Å²) >= 11 is 0. The Morgan fingerprint density at radius 2 is 1.85 bits per heavy atom. The predicted octanol–water partition coefficient (Wildman–Crippen LogP) is -0.238. The van der Waals surface area contributed by atoms with Crippen LogP contribution in [0.5, 0.6) is 11.5 Å². The summed E-state index contributed by atoms with van der Waals surface area (Å²) < 4.78 is 37.5. The summed E-state index contributed by atoms with van der Waals surface area (Å²) in [6.45, 7) is 1.33. The number of hydrogen-bond acceptors (Lipinski definition) is 7. The van der Waals surface area contributed by atoms with Gasteiger partial charge in [0, 0.05) is 13.1 Å². The molecule has 1 aliphatic heterocycles. The first kappa shape index (κ1) is 18.7. The Bertz CT molecular complexity index is 884. The molecule has 8 nitrogen and oxygen atoms in total. The Balaban J connectivity index is 1.82. The maximum absolute atomic E-state index is 12.6. The fourth-order valence-electron chi connectivity index (χ4n) is 2.58. The molecule has 138 valence electrons. The van der Waals surface area contributed by atoms with Crippen LogP contribution < -0.4 is 15.9 Å². The minimum Gasteiger partial charge on any atom is -0.455 e. The summed E-state index contributed by atoms with van der Waals surface area (Å²) in [5.41, 5.74) is 6.39. The molecule has 0 saturated carbocycles. The van der Waals surface area contributed by atoms with Gasteiger partial charge >= 0.3 is 7.12 Å². The Labute approximate surface area is 152 Å². The van der Waals surface area contributed by atoms with Crippen molar-refractivity contribution < 1.29 is 27.9 Å². The molecule has 0 atom stereocenters. The third-order valence-corrected chi connectivity index (χ3v) is 5.87. The molecule has 0 spiro atoms. The van der Waals surface area contributed by atoms with E-state index < -0.39 is 17.1 Å². The molecule has 0 aromatic heterocycles. The van der Waals surface area contributed by atoms with Gasteiger partial charge in [-0.2, -0.15) is 4.31 Å². The highest BCUT2D eigenvalue weighted by molar-refractivity contribution is 7.89. The first-order chi connectivity index (χ1) is 12.4. The largest absolute Gasteiger partial charge is 0.488 e. The number of morpholine rings is 1. The van der Waals surface area contributed by atoms with Gasteiger partial charge in [0.15, 0.2) is 0 Å². The van der Waals surface area contributed by atoms with E-state index in [0.717, 1.165) is 0 Å². The number of anilines is 1. The average molecular weight is 378 g/mol. The highest BCUT2D eigenvalue weighted by Crippen LogP contribution is 2.30. The summed E-state index contributed by atoms with van der Waals surface area (Å²) in [4.78, 5) is 0.0868. The second kappa shape index (κ2) is 7.64. The molecule has 0 unspecified atom stereocenters. The summed E-state index contributed by atoms with van der Waals surface area (Å²) in [6, 6.07) is 10.5. The second-order valence-corrected chi connectivity index (χ2v) is 7.70. The molecule has 4 N–H and O–H groups in total. The van der Waals surface area contributed by atoms with E-state index in [9.17, 15) is 18.5 Å². The van der Waals surface area contributed by atoms with Crippen molar-refractivity contribution in [3.05, 3.63) is 42.5 Å². The van der Waals surface area contributed by atoms with E-state index in [1.807, 2.05) is 0 Å². The molecular formula is C16H19BN2O6S. The van der Waals surface area contributed by atoms with E-state index in [4.69, 9.17) is 15.2 Å². The fourth-order valence-corrected chi connectivity index (χ4v) is 4.03. The summed E-state index contributed by atoms with van der Waals surface area (Å²) in [6.07, 6.45) is 0. The van der Waals surface area contributed by atoms with Crippen LogP contribution in [0.1, 0.15) is 0 Å². The van der Waals surface area contributed by atoms with Crippen molar-refractivity contribution in [2.75, 3.05) is 32.0 Å². The molecule has 3 rings (SSSR count). The van der Waals surface area contributed by atoms with Crippen LogP contribution in [0.15, 0.2) is 47.4 Å². The van der Waals surface area contributed by atoms with E-state index in [1.54, 1.807) is 18.2 Å². The van der Waals surface area contributed by atoms with Gasteiger partial charge in [0.1, 0.15) is 11.5 Å². The van der Waals surface area contributed by atoms with Gasteiger partial charge in [0.05, 0.1) is 23.8 Å². The fraction of sp³-hybridized carbons (Fsp3) is 0.250. The van der Waals surface area contributed by atoms with Crippen LogP contribution in [0.4, 0.5) is 5.69 Å². The van der Waals surface area contributed by atoms with Crippen molar-refractivity contribution >= 4 is 28.3 Å². The molecule has 1 saturated heterocycles. The number of rotatable bonds is 5. The Kier molecular flexibility index (Phi) is 5.49. The van der Waals surface area contributed by atoms with Gasteiger partial charge in [-0.25, -0.2) is 8.42 Å². The molecule has 1 fully saturated rings. The summed E-state index contributed by atoms with van der Waals surface area (Å²) in [5, 5.41) is 18.4. The first-order valence-electron chi connectivity index (χ1n) is 7.99. The standard InChI is InChI=1S/C16H19BN2O6S/c18-15-11-14(26(22,23)19-6-8-24-9-7-19)4-5-16(15)25-13-3-1-2-12(10-13)17(20)21/h1-5,10-11,20-21H,6-9,18H2. The van der Waals surface area contributed by atoms with E-state index in [1.165, 1.54) is 28.6 Å². The molecule has 1 heterocycles. The van der Waals surface area contributed by atoms with Crippen LogP contribution in [-0.4, -0.2) is 56.2 Å². The number of nitrogen functional groups attached to an aromatic ring is 1. The molecule has 0 bridgehead atoms. The maximum Gasteiger partial charge on any atom is 0.488 e. The van der Waals surface area contributed by atoms with Gasteiger partial charge in [-0.1, -0.05) is 12.1 Å². The molecule has 0 aliphatic carbocycles. The van der Waals surface area contributed by atoms with Crippen LogP contribution in [-0.2, 0) is 14.8 Å². The van der Waals surface area contributed by atoms with E-state index in [2.05, 4.69) is 0 Å². The Morgan fingerprint density at radius 1 is 1.12 bits per heavy atom. The van der Waals surface area contributed by atoms with Gasteiger partial charge in [0.25, 0.3) is 0 Å². The third-order valence-electron chi connectivity index (χ3n) is 3.97. The Morgan fingerprint density at radius 3 is 2.50 bits per heavy atom. The van der Waals surface area contributed by atoms with Crippen LogP contribution in [0, 0.1) is 0 Å². The minimum absolute atomic E-state index is 0.0868. The van der Waals surface area contributed by atoms with Crippen LogP contribution in [0.2, 0.25) is 0 Å². The zero-order chi connectivity index (χ0) is 18.7.